The Kier molecular flexibility index (Phi) is 5.56. The molecule has 1 atom stereocenters. The molecule has 26 heavy (non-hydrogen) atoms. The predicted molar refractivity (Wildman–Crippen MR) is 101 cm³/mol. The van der Waals surface area contributed by atoms with Crippen molar-refractivity contribution in [3.8, 4) is 23.0 Å². The second-order valence-electron chi connectivity index (χ2n) is 5.88. The number of fused-ring (bicyclic) bond motifs is 1. The van der Waals surface area contributed by atoms with Gasteiger partial charge in [-0.05, 0) is 40.2 Å². The van der Waals surface area contributed by atoms with Gasteiger partial charge in [0.1, 0.15) is 22.6 Å². The smallest absolute Gasteiger partial charge is 0.254 e. The van der Waals surface area contributed by atoms with Crippen molar-refractivity contribution in [2.45, 2.75) is 6.10 Å². The van der Waals surface area contributed by atoms with E-state index < -0.39 is 0 Å². The summed E-state index contributed by atoms with van der Waals surface area (Å²) in [5.41, 5.74) is 0.474. The Balaban J connectivity index is 1.72. The van der Waals surface area contributed by atoms with Crippen LogP contribution in [0.4, 0.5) is 0 Å². The first-order chi connectivity index (χ1) is 12.5. The number of ether oxygens (including phenoxy) is 4. The Bertz CT molecular complexity index is 785. The molecule has 0 spiro atoms. The van der Waals surface area contributed by atoms with Crippen molar-refractivity contribution < 1.29 is 23.7 Å². The average molecular weight is 422 g/mol. The van der Waals surface area contributed by atoms with Crippen molar-refractivity contribution in [3.63, 3.8) is 0 Å². The molecule has 0 fully saturated rings. The van der Waals surface area contributed by atoms with Crippen molar-refractivity contribution in [2.75, 3.05) is 34.4 Å². The number of likely N-dealkylation sites (N-methyl/N-ethyl adjacent to an activating group) is 1. The van der Waals surface area contributed by atoms with Gasteiger partial charge < -0.3 is 23.8 Å². The summed E-state index contributed by atoms with van der Waals surface area (Å²) in [6, 6.07) is 10.9. The highest BCUT2D eigenvalue weighted by Gasteiger charge is 2.25. The number of nitrogens with zero attached hydrogens (tertiary/aromatic N) is 1. The minimum atomic E-state index is -0.238. The summed E-state index contributed by atoms with van der Waals surface area (Å²) in [5, 5.41) is 0. The lowest BCUT2D eigenvalue weighted by molar-refractivity contribution is 0.0520. The maximum absolute atomic E-state index is 12.8. The van der Waals surface area contributed by atoms with Crippen molar-refractivity contribution in [3.05, 3.63) is 46.4 Å². The van der Waals surface area contributed by atoms with E-state index in [0.29, 0.717) is 40.4 Å². The van der Waals surface area contributed by atoms with Crippen LogP contribution in [0, 0.1) is 0 Å². The lowest BCUT2D eigenvalue weighted by Crippen LogP contribution is -2.41. The van der Waals surface area contributed by atoms with Gasteiger partial charge >= 0.3 is 0 Å². The Hall–Kier alpha value is -2.41. The van der Waals surface area contributed by atoms with Crippen molar-refractivity contribution >= 4 is 21.8 Å². The van der Waals surface area contributed by atoms with E-state index in [1.807, 2.05) is 24.3 Å². The third kappa shape index (κ3) is 3.72. The van der Waals surface area contributed by atoms with E-state index in [2.05, 4.69) is 15.9 Å². The maximum Gasteiger partial charge on any atom is 0.254 e. The van der Waals surface area contributed by atoms with Crippen molar-refractivity contribution in [1.29, 1.82) is 0 Å². The number of carbonyl (C=O) groups excluding carboxylic acids is 1. The molecule has 0 aromatic heterocycles. The molecule has 1 aliphatic rings. The summed E-state index contributed by atoms with van der Waals surface area (Å²) in [7, 11) is 4.82. The molecule has 2 aromatic rings. The zero-order chi connectivity index (χ0) is 18.7. The van der Waals surface area contributed by atoms with Crippen LogP contribution in [0.15, 0.2) is 40.9 Å². The van der Waals surface area contributed by atoms with Gasteiger partial charge in [-0.1, -0.05) is 12.1 Å². The molecule has 0 bridgehead atoms. The largest absolute Gasteiger partial charge is 0.495 e. The Morgan fingerprint density at radius 1 is 1.19 bits per heavy atom. The van der Waals surface area contributed by atoms with Crippen LogP contribution in [0.2, 0.25) is 0 Å². The van der Waals surface area contributed by atoms with Gasteiger partial charge in [-0.3, -0.25) is 4.79 Å². The molecule has 0 saturated carbocycles. The number of amides is 1. The molecular weight excluding hydrogens is 402 g/mol. The zero-order valence-electron chi connectivity index (χ0n) is 14.8. The van der Waals surface area contributed by atoms with Gasteiger partial charge in [0.15, 0.2) is 17.6 Å². The summed E-state index contributed by atoms with van der Waals surface area (Å²) in [5.74, 6) is 2.33. The average Bonchev–Trinajstić information content (AvgIpc) is 2.67. The van der Waals surface area contributed by atoms with Crippen molar-refractivity contribution in [1.82, 2.24) is 4.90 Å². The van der Waals surface area contributed by atoms with E-state index >= 15 is 0 Å². The molecule has 1 aliphatic heterocycles. The van der Waals surface area contributed by atoms with E-state index in [4.69, 9.17) is 18.9 Å². The summed E-state index contributed by atoms with van der Waals surface area (Å²) in [6.45, 7) is 0.787. The number of benzene rings is 2. The van der Waals surface area contributed by atoms with E-state index in [1.54, 1.807) is 38.3 Å². The molecule has 3 rings (SSSR count). The van der Waals surface area contributed by atoms with Gasteiger partial charge in [0.05, 0.1) is 20.8 Å². The molecule has 7 heteroatoms. The molecule has 0 aliphatic carbocycles. The lowest BCUT2D eigenvalue weighted by atomic mass is 10.1. The fraction of sp³-hybridized carbons (Fsp3) is 0.316. The molecular formula is C19H20BrNO5. The van der Waals surface area contributed by atoms with E-state index in [-0.39, 0.29) is 12.0 Å². The molecule has 1 unspecified atom stereocenters. The van der Waals surface area contributed by atoms with Gasteiger partial charge in [-0.15, -0.1) is 0 Å². The zero-order valence-corrected chi connectivity index (χ0v) is 16.4. The number of halogens is 1. The van der Waals surface area contributed by atoms with Crippen LogP contribution in [0.5, 0.6) is 23.0 Å². The summed E-state index contributed by atoms with van der Waals surface area (Å²) < 4.78 is 22.9. The van der Waals surface area contributed by atoms with Gasteiger partial charge in [-0.25, -0.2) is 0 Å². The lowest BCUT2D eigenvalue weighted by Gasteiger charge is -2.29. The van der Waals surface area contributed by atoms with Gasteiger partial charge in [0, 0.05) is 12.6 Å². The van der Waals surface area contributed by atoms with Gasteiger partial charge in [0.25, 0.3) is 5.91 Å². The first kappa shape index (κ1) is 18.4. The first-order valence-electron chi connectivity index (χ1n) is 8.09. The molecule has 138 valence electrons. The molecule has 1 amide bonds. The van der Waals surface area contributed by atoms with Crippen LogP contribution in [0.1, 0.15) is 10.4 Å². The highest BCUT2D eigenvalue weighted by atomic mass is 79.9. The third-order valence-electron chi connectivity index (χ3n) is 4.08. The molecule has 1 heterocycles. The second-order valence-corrected chi connectivity index (χ2v) is 6.67. The second kappa shape index (κ2) is 7.86. The van der Waals surface area contributed by atoms with Crippen LogP contribution >= 0.6 is 15.9 Å². The Morgan fingerprint density at radius 2 is 1.81 bits per heavy atom. The van der Waals surface area contributed by atoms with Crippen molar-refractivity contribution in [2.24, 2.45) is 0 Å². The highest BCUT2D eigenvalue weighted by Crippen LogP contribution is 2.36. The van der Waals surface area contributed by atoms with Crippen LogP contribution in [0.25, 0.3) is 0 Å². The van der Waals surface area contributed by atoms with E-state index in [9.17, 15) is 4.79 Å². The number of rotatable bonds is 5. The van der Waals surface area contributed by atoms with Gasteiger partial charge in [-0.2, -0.15) is 0 Å². The van der Waals surface area contributed by atoms with E-state index in [0.717, 1.165) is 5.75 Å². The van der Waals surface area contributed by atoms with Crippen LogP contribution in [0.3, 0.4) is 0 Å². The summed E-state index contributed by atoms with van der Waals surface area (Å²) in [6.07, 6.45) is -0.238. The minimum absolute atomic E-state index is 0.156. The highest BCUT2D eigenvalue weighted by molar-refractivity contribution is 9.10. The molecule has 0 radical (unpaired) electrons. The minimum Gasteiger partial charge on any atom is -0.495 e. The molecule has 0 saturated heterocycles. The third-order valence-corrected chi connectivity index (χ3v) is 4.87. The predicted octanol–water partition coefficient (Wildman–Crippen LogP) is 3.38. The molecule has 0 N–H and O–H groups in total. The summed E-state index contributed by atoms with van der Waals surface area (Å²) >= 11 is 3.41. The monoisotopic (exact) mass is 421 g/mol. The topological polar surface area (TPSA) is 57.2 Å². The fourth-order valence-corrected chi connectivity index (χ4v) is 3.31. The maximum atomic E-state index is 12.8. The molecule has 2 aromatic carbocycles. The number of carbonyl (C=O) groups is 1. The number of para-hydroxylation sites is 2. The van der Waals surface area contributed by atoms with E-state index in [1.165, 1.54) is 0 Å². The number of hydrogen-bond donors (Lipinski definition) is 0. The van der Waals surface area contributed by atoms with Gasteiger partial charge in [0.2, 0.25) is 0 Å². The first-order valence-corrected chi connectivity index (χ1v) is 8.88. The fourth-order valence-electron chi connectivity index (χ4n) is 2.75. The Morgan fingerprint density at radius 3 is 2.42 bits per heavy atom. The SMILES string of the molecule is COc1cc(C(=O)N(C)CC2COc3ccccc3O2)cc(OC)c1Br. The number of methoxy groups -OCH3 is 2. The quantitative estimate of drug-likeness (QED) is 0.740. The van der Waals surface area contributed by atoms with Crippen LogP contribution in [-0.4, -0.2) is 51.3 Å². The van der Waals surface area contributed by atoms with Crippen LogP contribution < -0.4 is 18.9 Å². The summed E-state index contributed by atoms with van der Waals surface area (Å²) in [4.78, 5) is 14.4. The number of hydrogen-bond acceptors (Lipinski definition) is 5. The Labute approximate surface area is 160 Å². The molecule has 6 nitrogen and oxygen atoms in total. The normalized spacial score (nSPS) is 15.3. The standard InChI is InChI=1S/C19H20BrNO5/c1-21(10-13-11-25-14-6-4-5-7-15(14)26-13)19(22)12-8-16(23-2)18(20)17(9-12)24-3/h4-9,13H,10-11H2,1-3H3. The van der Waals surface area contributed by atoms with Crippen LogP contribution in [-0.2, 0) is 0 Å².